The molecule has 5 atom stereocenters. The first-order chi connectivity index (χ1) is 12.7. The van der Waals surface area contributed by atoms with Crippen molar-refractivity contribution in [2.75, 3.05) is 6.61 Å². The number of carboxylic acids is 4. The molecule has 28 heavy (non-hydrogen) atoms. The minimum absolute atomic E-state index is 0.0984. The van der Waals surface area contributed by atoms with Crippen LogP contribution in [-0.4, -0.2) is 112 Å². The number of aliphatic carboxylic acids is 4. The smallest absolute Gasteiger partial charge is 0.335 e. The summed E-state index contributed by atoms with van der Waals surface area (Å²) in [4.78, 5) is 39.1. The van der Waals surface area contributed by atoms with E-state index in [1.165, 1.54) is 0 Å². The Hall–Kier alpha value is -2.36. The highest BCUT2D eigenvalue weighted by Gasteiger charge is 2.30. The zero-order valence-corrected chi connectivity index (χ0v) is 14.8. The summed E-state index contributed by atoms with van der Waals surface area (Å²) in [5, 5.41) is 82.2. The van der Waals surface area contributed by atoms with Crippen molar-refractivity contribution in [1.82, 2.24) is 0 Å². The first-order valence-corrected chi connectivity index (χ1v) is 7.66. The Labute approximate surface area is 158 Å². The number of carboxylic acid groups (broad SMARTS) is 4. The maximum absolute atomic E-state index is 9.77. The van der Waals surface area contributed by atoms with Gasteiger partial charge in [0.1, 0.15) is 0 Å². The van der Waals surface area contributed by atoms with Gasteiger partial charge in [-0.2, -0.15) is 0 Å². The molecular weight excluding hydrogens is 392 g/mol. The monoisotopic (exact) mass is 418 g/mol. The van der Waals surface area contributed by atoms with E-state index in [2.05, 4.69) is 0 Å². The van der Waals surface area contributed by atoms with E-state index in [-0.39, 0.29) is 12.7 Å². The summed E-state index contributed by atoms with van der Waals surface area (Å²) in [6.07, 6.45) is -7.04. The quantitative estimate of drug-likeness (QED) is 0.163. The van der Waals surface area contributed by atoms with Crippen molar-refractivity contribution >= 4 is 23.9 Å². The van der Waals surface area contributed by atoms with E-state index in [9.17, 15) is 19.2 Å². The molecule has 0 bridgehead atoms. The Morgan fingerprint density at radius 2 is 0.857 bits per heavy atom. The summed E-state index contributed by atoms with van der Waals surface area (Å²) in [6.45, 7) is 2.11. The number of carbonyl (C=O) groups is 4. The number of hydrogen-bond acceptors (Lipinski definition) is 10. The first kappa shape index (κ1) is 30.4. The van der Waals surface area contributed by atoms with Gasteiger partial charge in [-0.15, -0.1) is 0 Å². The topological polar surface area (TPSA) is 271 Å². The van der Waals surface area contributed by atoms with Crippen LogP contribution in [0.15, 0.2) is 0 Å². The highest BCUT2D eigenvalue weighted by Crippen LogP contribution is 1.98. The number of rotatable bonds is 10. The molecule has 0 aromatic carbocycles. The molecule has 0 aliphatic rings. The molecule has 0 fully saturated rings. The van der Waals surface area contributed by atoms with Gasteiger partial charge in [0, 0.05) is 6.61 Å². The SMILES string of the molecule is CCCC(O)CCO.O=C(O)C(O)C(O)C(=O)O.O=C(O)C(O)C(O)C(=O)O. The van der Waals surface area contributed by atoms with Crippen LogP contribution in [0.3, 0.4) is 0 Å². The van der Waals surface area contributed by atoms with E-state index in [1.54, 1.807) is 0 Å². The zero-order valence-electron chi connectivity index (χ0n) is 14.8. The fourth-order valence-corrected chi connectivity index (χ4v) is 1.17. The minimum Gasteiger partial charge on any atom is -0.479 e. The molecule has 10 N–H and O–H groups in total. The van der Waals surface area contributed by atoms with Gasteiger partial charge in [0.2, 0.25) is 0 Å². The fraction of sp³-hybridized carbons (Fsp3) is 0.714. The van der Waals surface area contributed by atoms with Crippen molar-refractivity contribution in [2.45, 2.75) is 56.7 Å². The van der Waals surface area contributed by atoms with Crippen molar-refractivity contribution in [1.29, 1.82) is 0 Å². The average molecular weight is 418 g/mol. The van der Waals surface area contributed by atoms with E-state index in [0.717, 1.165) is 12.8 Å². The van der Waals surface area contributed by atoms with Crippen LogP contribution in [0, 0.1) is 0 Å². The molecule has 0 saturated carbocycles. The molecule has 0 aromatic rings. The molecule has 14 heteroatoms. The van der Waals surface area contributed by atoms with Gasteiger partial charge in [0.05, 0.1) is 6.10 Å². The lowest BCUT2D eigenvalue weighted by Crippen LogP contribution is -2.39. The Balaban J connectivity index is -0.000000337. The van der Waals surface area contributed by atoms with Gasteiger partial charge in [-0.05, 0) is 12.8 Å². The average Bonchev–Trinajstić information content (AvgIpc) is 2.60. The molecule has 0 amide bonds. The Morgan fingerprint density at radius 1 is 0.607 bits per heavy atom. The van der Waals surface area contributed by atoms with Crippen molar-refractivity contribution in [3.05, 3.63) is 0 Å². The van der Waals surface area contributed by atoms with E-state index in [4.69, 9.17) is 51.1 Å². The molecule has 0 rings (SSSR count). The van der Waals surface area contributed by atoms with Crippen LogP contribution in [0.4, 0.5) is 0 Å². The second kappa shape index (κ2) is 16.8. The highest BCUT2D eigenvalue weighted by molar-refractivity contribution is 5.83. The standard InChI is InChI=1S/C6H14O2.2C4H6O6/c1-2-3-6(8)4-5-7;2*5-1(3(7)8)2(6)4(9)10/h6-8H,2-5H2,1H3;2*1-2,5-6H,(H,7,8)(H,9,10). The third-order valence-corrected chi connectivity index (χ3v) is 2.69. The summed E-state index contributed by atoms with van der Waals surface area (Å²) < 4.78 is 0. The maximum atomic E-state index is 9.77. The molecule has 0 saturated heterocycles. The third kappa shape index (κ3) is 15.9. The van der Waals surface area contributed by atoms with Crippen LogP contribution in [0.25, 0.3) is 0 Å². The van der Waals surface area contributed by atoms with Crippen LogP contribution in [0.5, 0.6) is 0 Å². The predicted octanol–water partition coefficient (Wildman–Crippen LogP) is -3.72. The van der Waals surface area contributed by atoms with Crippen molar-refractivity contribution in [3.63, 3.8) is 0 Å². The van der Waals surface area contributed by atoms with Gasteiger partial charge in [-0.1, -0.05) is 13.3 Å². The Bertz CT molecular complexity index is 401. The Kier molecular flexibility index (Phi) is 18.2. The van der Waals surface area contributed by atoms with E-state index in [1.807, 2.05) is 6.92 Å². The molecule has 0 heterocycles. The summed E-state index contributed by atoms with van der Waals surface area (Å²) in [5.41, 5.74) is 0. The summed E-state index contributed by atoms with van der Waals surface area (Å²) in [5.74, 6) is -7.07. The van der Waals surface area contributed by atoms with E-state index in [0.29, 0.717) is 6.42 Å². The van der Waals surface area contributed by atoms with Gasteiger partial charge < -0.3 is 51.1 Å². The summed E-state index contributed by atoms with van der Waals surface area (Å²) in [6, 6.07) is 0. The molecule has 166 valence electrons. The normalized spacial score (nSPS) is 15.2. The fourth-order valence-electron chi connectivity index (χ4n) is 1.17. The van der Waals surface area contributed by atoms with Crippen molar-refractivity contribution < 1.29 is 70.2 Å². The number of aliphatic hydroxyl groups excluding tert-OH is 6. The number of hydrogen-bond donors (Lipinski definition) is 10. The molecule has 0 radical (unpaired) electrons. The van der Waals surface area contributed by atoms with Crippen molar-refractivity contribution in [2.24, 2.45) is 0 Å². The van der Waals surface area contributed by atoms with Crippen LogP contribution in [-0.2, 0) is 19.2 Å². The van der Waals surface area contributed by atoms with E-state index < -0.39 is 48.3 Å². The van der Waals surface area contributed by atoms with Crippen LogP contribution in [0.2, 0.25) is 0 Å². The van der Waals surface area contributed by atoms with Gasteiger partial charge in [-0.25, -0.2) is 19.2 Å². The molecule has 14 nitrogen and oxygen atoms in total. The van der Waals surface area contributed by atoms with Crippen LogP contribution < -0.4 is 0 Å². The molecule has 0 aliphatic heterocycles. The second-order valence-corrected chi connectivity index (χ2v) is 5.09. The molecule has 0 aliphatic carbocycles. The summed E-state index contributed by atoms with van der Waals surface area (Å²) >= 11 is 0. The van der Waals surface area contributed by atoms with Gasteiger partial charge in [-0.3, -0.25) is 0 Å². The lowest BCUT2D eigenvalue weighted by Gasteiger charge is -2.07. The van der Waals surface area contributed by atoms with Gasteiger partial charge >= 0.3 is 23.9 Å². The van der Waals surface area contributed by atoms with Gasteiger partial charge in [0.15, 0.2) is 24.4 Å². The molecule has 0 aromatic heterocycles. The summed E-state index contributed by atoms with van der Waals surface area (Å²) in [7, 11) is 0. The van der Waals surface area contributed by atoms with Crippen LogP contribution >= 0.6 is 0 Å². The second-order valence-electron chi connectivity index (χ2n) is 5.09. The van der Waals surface area contributed by atoms with Gasteiger partial charge in [0.25, 0.3) is 0 Å². The highest BCUT2D eigenvalue weighted by atomic mass is 16.4. The third-order valence-electron chi connectivity index (χ3n) is 2.69. The lowest BCUT2D eigenvalue weighted by molar-refractivity contribution is -0.165. The lowest BCUT2D eigenvalue weighted by atomic mass is 10.2. The maximum Gasteiger partial charge on any atom is 0.335 e. The Morgan fingerprint density at radius 3 is 1.00 bits per heavy atom. The van der Waals surface area contributed by atoms with E-state index >= 15 is 0 Å². The molecule has 5 unspecified atom stereocenters. The largest absolute Gasteiger partial charge is 0.479 e. The van der Waals surface area contributed by atoms with Crippen molar-refractivity contribution in [3.8, 4) is 0 Å². The van der Waals surface area contributed by atoms with Crippen LogP contribution in [0.1, 0.15) is 26.2 Å². The minimum atomic E-state index is -2.27. The zero-order chi connectivity index (χ0) is 23.0. The first-order valence-electron chi connectivity index (χ1n) is 7.66. The molecular formula is C14H26O14. The molecule has 0 spiro atoms. The number of aliphatic hydroxyl groups is 6. The predicted molar refractivity (Wildman–Crippen MR) is 87.2 cm³/mol.